The molecule has 2 bridgehead atoms. The summed E-state index contributed by atoms with van der Waals surface area (Å²) in [6.45, 7) is 3.14. The van der Waals surface area contributed by atoms with E-state index in [4.69, 9.17) is 15.7 Å². The monoisotopic (exact) mass is 792 g/mol. The molecule has 3 fully saturated rings. The zero-order valence-electron chi connectivity index (χ0n) is 32.5. The number of imide groups is 2. The van der Waals surface area contributed by atoms with Crippen LogP contribution in [0.2, 0.25) is 0 Å². The van der Waals surface area contributed by atoms with Crippen LogP contribution in [0.5, 0.6) is 0 Å². The van der Waals surface area contributed by atoms with Crippen molar-refractivity contribution >= 4 is 63.5 Å². The molecule has 300 valence electrons. The SMILES string of the molecule is Nc1ncc2n3c(nc(-c4cnc5ccccc5c4)c13)[C@@H]1CCC[C@H](C1)NC(=O)CN(CC1CN(c3ccc4c(c3)C(=O)N(C3CCC(=O)NC3=O)C4=O)C1)CC/C=C/2. The standard InChI is InChI=1S/C44H44N10O5/c45-40-39-38(28-16-26-6-1-2-10-34(26)46-19-28)50-41-27-7-5-8-29(17-27)48-37(56)24-51(15-4-3-9-31(20-47-40)53(39)41)21-25-22-52(23-25)30-11-12-32-33(18-30)44(59)54(43(32)58)35-13-14-36(55)49-42(35)57/h1-3,6,9-12,16,18-20,25,27,29,35H,4-5,7-8,13-15,17,21-24H2,(H2,45,47)(H,48,56)(H,49,55,57)/b9-3+/t27-,29-,35?/m1/s1. The number of nitrogen functional groups attached to an aromatic ring is 1. The summed E-state index contributed by atoms with van der Waals surface area (Å²) in [5.41, 5.74) is 12.2. The largest absolute Gasteiger partial charge is 0.382 e. The number of carbonyl (C=O) groups excluding carboxylic acids is 5. The Kier molecular flexibility index (Phi) is 9.19. The molecule has 10 rings (SSSR count). The molecule has 5 amide bonds. The number of aromatic nitrogens is 4. The van der Waals surface area contributed by atoms with E-state index in [9.17, 15) is 24.0 Å². The van der Waals surface area contributed by atoms with Crippen LogP contribution in [-0.2, 0) is 14.4 Å². The van der Waals surface area contributed by atoms with E-state index in [1.807, 2.05) is 42.7 Å². The summed E-state index contributed by atoms with van der Waals surface area (Å²) >= 11 is 0. The highest BCUT2D eigenvalue weighted by atomic mass is 16.2. The van der Waals surface area contributed by atoms with Crippen LogP contribution in [0.4, 0.5) is 11.5 Å². The molecule has 1 saturated carbocycles. The van der Waals surface area contributed by atoms with Crippen molar-refractivity contribution in [2.24, 2.45) is 5.92 Å². The average Bonchev–Trinajstić information content (AvgIpc) is 3.74. The Hall–Kier alpha value is -6.48. The number of nitrogens with two attached hydrogens (primary N) is 1. The normalized spacial score (nSPS) is 23.5. The van der Waals surface area contributed by atoms with Gasteiger partial charge < -0.3 is 16.0 Å². The lowest BCUT2D eigenvalue weighted by Gasteiger charge is -2.43. The molecular weight excluding hydrogens is 749 g/mol. The van der Waals surface area contributed by atoms with Crippen molar-refractivity contribution in [2.45, 2.75) is 62.9 Å². The van der Waals surface area contributed by atoms with Crippen molar-refractivity contribution in [3.8, 4) is 11.3 Å². The lowest BCUT2D eigenvalue weighted by atomic mass is 9.85. The molecule has 0 spiro atoms. The smallest absolute Gasteiger partial charge is 0.262 e. The molecule has 4 aliphatic heterocycles. The molecule has 2 saturated heterocycles. The number of piperidine rings is 1. The fourth-order valence-corrected chi connectivity index (χ4v) is 9.63. The number of fused-ring (bicyclic) bond motifs is 5. The van der Waals surface area contributed by atoms with Gasteiger partial charge in [0, 0.05) is 73.3 Å². The fraction of sp³-hybridized carbons (Fsp3) is 0.364. The minimum Gasteiger partial charge on any atom is -0.382 e. The topological polar surface area (TPSA) is 188 Å². The Balaban J connectivity index is 0.865. The number of hydrogen-bond acceptors (Lipinski definition) is 11. The van der Waals surface area contributed by atoms with Crippen molar-refractivity contribution in [1.82, 2.24) is 39.8 Å². The predicted octanol–water partition coefficient (Wildman–Crippen LogP) is 3.93. The summed E-state index contributed by atoms with van der Waals surface area (Å²) in [4.78, 5) is 84.5. The fourth-order valence-electron chi connectivity index (χ4n) is 9.63. The lowest BCUT2D eigenvalue weighted by molar-refractivity contribution is -0.136. The minimum atomic E-state index is -1.00. The van der Waals surface area contributed by atoms with Gasteiger partial charge in [-0.05, 0) is 68.5 Å². The molecule has 4 N–H and O–H groups in total. The summed E-state index contributed by atoms with van der Waals surface area (Å²) in [6.07, 6.45) is 12.4. The highest BCUT2D eigenvalue weighted by Crippen LogP contribution is 2.39. The number of para-hydroxylation sites is 1. The van der Waals surface area contributed by atoms with Gasteiger partial charge in [-0.25, -0.2) is 9.97 Å². The number of nitrogens with one attached hydrogen (secondary N) is 2. The number of rotatable bonds is 5. The summed E-state index contributed by atoms with van der Waals surface area (Å²) in [5.74, 6) is -0.339. The molecule has 5 aromatic rings. The van der Waals surface area contributed by atoms with Crippen LogP contribution in [0, 0.1) is 5.92 Å². The van der Waals surface area contributed by atoms with Crippen molar-refractivity contribution < 1.29 is 24.0 Å². The van der Waals surface area contributed by atoms with Gasteiger partial charge in [-0.1, -0.05) is 30.7 Å². The number of anilines is 2. The van der Waals surface area contributed by atoms with E-state index in [-0.39, 0.29) is 47.8 Å². The maximum atomic E-state index is 13.7. The molecular formula is C44H44N10O5. The quantitative estimate of drug-likeness (QED) is 0.219. The number of hydrogen-bond donors (Lipinski definition) is 3. The molecule has 1 unspecified atom stereocenters. The molecule has 15 heteroatoms. The van der Waals surface area contributed by atoms with Gasteiger partial charge in [0.2, 0.25) is 17.7 Å². The first kappa shape index (κ1) is 36.8. The number of nitrogens with zero attached hydrogens (tertiary/aromatic N) is 7. The van der Waals surface area contributed by atoms with Crippen LogP contribution in [0.3, 0.4) is 0 Å². The minimum absolute atomic E-state index is 0.0141. The molecule has 59 heavy (non-hydrogen) atoms. The Morgan fingerprint density at radius 1 is 0.881 bits per heavy atom. The Bertz CT molecular complexity index is 2610. The third-order valence-electron chi connectivity index (χ3n) is 12.5. The summed E-state index contributed by atoms with van der Waals surface area (Å²) in [7, 11) is 0. The van der Waals surface area contributed by atoms with Gasteiger partial charge in [-0.3, -0.25) is 48.5 Å². The van der Waals surface area contributed by atoms with E-state index in [0.717, 1.165) is 95.1 Å². The number of pyridine rings is 1. The maximum absolute atomic E-state index is 13.7. The first-order chi connectivity index (χ1) is 28.7. The van der Waals surface area contributed by atoms with Crippen LogP contribution in [0.1, 0.15) is 83.1 Å². The second-order valence-electron chi connectivity index (χ2n) is 16.5. The summed E-state index contributed by atoms with van der Waals surface area (Å²) < 4.78 is 2.17. The highest BCUT2D eigenvalue weighted by Gasteiger charge is 2.45. The number of amides is 5. The van der Waals surface area contributed by atoms with E-state index in [2.05, 4.69) is 48.0 Å². The van der Waals surface area contributed by atoms with Gasteiger partial charge >= 0.3 is 0 Å². The summed E-state index contributed by atoms with van der Waals surface area (Å²) in [5, 5.41) is 6.63. The van der Waals surface area contributed by atoms with Gasteiger partial charge in [0.25, 0.3) is 11.8 Å². The van der Waals surface area contributed by atoms with E-state index < -0.39 is 29.7 Å². The lowest BCUT2D eigenvalue weighted by Crippen LogP contribution is -2.54. The highest BCUT2D eigenvalue weighted by molar-refractivity contribution is 6.23. The molecule has 7 heterocycles. The Labute approximate surface area is 339 Å². The van der Waals surface area contributed by atoms with E-state index in [0.29, 0.717) is 25.3 Å². The van der Waals surface area contributed by atoms with Crippen molar-refractivity contribution in [2.75, 3.05) is 43.4 Å². The van der Waals surface area contributed by atoms with Crippen LogP contribution in [0.15, 0.2) is 67.0 Å². The Morgan fingerprint density at radius 2 is 1.73 bits per heavy atom. The van der Waals surface area contributed by atoms with Gasteiger partial charge in [0.05, 0.1) is 35.1 Å². The van der Waals surface area contributed by atoms with Crippen LogP contribution >= 0.6 is 0 Å². The summed E-state index contributed by atoms with van der Waals surface area (Å²) in [6, 6.07) is 14.3. The molecule has 2 aromatic carbocycles. The molecule has 0 radical (unpaired) electrons. The van der Waals surface area contributed by atoms with Crippen molar-refractivity contribution in [3.05, 3.63) is 89.6 Å². The van der Waals surface area contributed by atoms with Crippen LogP contribution in [-0.4, -0.2) is 103 Å². The van der Waals surface area contributed by atoms with Gasteiger partial charge in [-0.2, -0.15) is 0 Å². The van der Waals surface area contributed by atoms with Crippen molar-refractivity contribution in [1.29, 1.82) is 0 Å². The van der Waals surface area contributed by atoms with E-state index in [1.165, 1.54) is 0 Å². The third-order valence-corrected chi connectivity index (χ3v) is 12.5. The Morgan fingerprint density at radius 3 is 2.59 bits per heavy atom. The van der Waals surface area contributed by atoms with E-state index in [1.54, 1.807) is 12.1 Å². The number of carbonyl (C=O) groups is 5. The molecule has 3 atom stereocenters. The van der Waals surface area contributed by atoms with E-state index >= 15 is 0 Å². The number of benzene rings is 2. The zero-order valence-corrected chi connectivity index (χ0v) is 32.5. The van der Waals surface area contributed by atoms with Gasteiger partial charge in [-0.15, -0.1) is 0 Å². The molecule has 1 aliphatic carbocycles. The second kappa shape index (κ2) is 14.7. The second-order valence-corrected chi connectivity index (χ2v) is 16.5. The zero-order chi connectivity index (χ0) is 40.4. The third kappa shape index (κ3) is 6.68. The molecule has 5 aliphatic rings. The van der Waals surface area contributed by atoms with Gasteiger partial charge in [0.15, 0.2) is 0 Å². The molecule has 3 aromatic heterocycles. The van der Waals surface area contributed by atoms with Gasteiger partial charge in [0.1, 0.15) is 28.9 Å². The van der Waals surface area contributed by atoms with Crippen LogP contribution in [0.25, 0.3) is 33.8 Å². The predicted molar refractivity (Wildman–Crippen MR) is 220 cm³/mol. The van der Waals surface area contributed by atoms with Crippen LogP contribution < -0.4 is 21.3 Å². The maximum Gasteiger partial charge on any atom is 0.262 e. The number of imidazole rings is 1. The van der Waals surface area contributed by atoms with Crippen molar-refractivity contribution in [3.63, 3.8) is 0 Å². The average molecular weight is 793 g/mol. The first-order valence-corrected chi connectivity index (χ1v) is 20.5. The first-order valence-electron chi connectivity index (χ1n) is 20.5. The molecule has 15 nitrogen and oxygen atoms in total.